The molecule has 0 aliphatic heterocycles. The highest BCUT2D eigenvalue weighted by molar-refractivity contribution is 9.11. The van der Waals surface area contributed by atoms with Crippen LogP contribution in [0.5, 0.6) is 0 Å². The summed E-state index contributed by atoms with van der Waals surface area (Å²) in [6.07, 6.45) is 1.71. The van der Waals surface area contributed by atoms with Crippen molar-refractivity contribution < 1.29 is 0 Å². The van der Waals surface area contributed by atoms with Gasteiger partial charge in [0.1, 0.15) is 11.5 Å². The molecular formula is C13H15Br2N5. The van der Waals surface area contributed by atoms with Gasteiger partial charge < -0.3 is 5.43 Å². The Labute approximate surface area is 134 Å². The molecule has 0 aliphatic rings. The van der Waals surface area contributed by atoms with Crippen LogP contribution in [0.25, 0.3) is 11.5 Å². The smallest absolute Gasteiger partial charge is 0.181 e. The van der Waals surface area contributed by atoms with Gasteiger partial charge in [-0.15, -0.1) is 0 Å². The van der Waals surface area contributed by atoms with E-state index in [-0.39, 0.29) is 5.41 Å². The third kappa shape index (κ3) is 3.34. The van der Waals surface area contributed by atoms with E-state index in [1.807, 2.05) is 12.1 Å². The van der Waals surface area contributed by atoms with Crippen molar-refractivity contribution in [3.05, 3.63) is 33.0 Å². The highest BCUT2D eigenvalue weighted by atomic mass is 79.9. The molecule has 2 aromatic heterocycles. The van der Waals surface area contributed by atoms with E-state index in [4.69, 9.17) is 5.84 Å². The number of nitrogens with one attached hydrogen (secondary N) is 1. The molecule has 0 saturated carbocycles. The predicted molar refractivity (Wildman–Crippen MR) is 87.2 cm³/mol. The van der Waals surface area contributed by atoms with E-state index in [1.54, 1.807) is 6.20 Å². The molecule has 0 amide bonds. The average Bonchev–Trinajstić information content (AvgIpc) is 2.37. The molecule has 0 atom stereocenters. The summed E-state index contributed by atoms with van der Waals surface area (Å²) in [5.74, 6) is 6.59. The Morgan fingerprint density at radius 1 is 1.15 bits per heavy atom. The second kappa shape index (κ2) is 5.75. The molecule has 0 unspecified atom stereocenters. The molecular weight excluding hydrogens is 386 g/mol. The van der Waals surface area contributed by atoms with Gasteiger partial charge in [-0.25, -0.2) is 15.8 Å². The minimum Gasteiger partial charge on any atom is -0.308 e. The van der Waals surface area contributed by atoms with Crippen LogP contribution < -0.4 is 11.3 Å². The number of hydrogen-bond acceptors (Lipinski definition) is 5. The second-order valence-electron chi connectivity index (χ2n) is 5.34. The average molecular weight is 401 g/mol. The van der Waals surface area contributed by atoms with Gasteiger partial charge in [0.05, 0.1) is 5.69 Å². The number of nitrogens with two attached hydrogens (primary N) is 1. The van der Waals surface area contributed by atoms with Crippen LogP contribution in [0.4, 0.5) is 5.82 Å². The summed E-state index contributed by atoms with van der Waals surface area (Å²) in [4.78, 5) is 13.3. The van der Waals surface area contributed by atoms with Crippen molar-refractivity contribution in [2.45, 2.75) is 26.2 Å². The summed E-state index contributed by atoms with van der Waals surface area (Å²) in [7, 11) is 0. The fourth-order valence-electron chi connectivity index (χ4n) is 1.59. The summed E-state index contributed by atoms with van der Waals surface area (Å²) in [5.41, 5.74) is 4.04. The molecule has 0 fully saturated rings. The first-order valence-corrected chi connectivity index (χ1v) is 7.57. The highest BCUT2D eigenvalue weighted by Crippen LogP contribution is 2.29. The van der Waals surface area contributed by atoms with Gasteiger partial charge >= 0.3 is 0 Å². The lowest BCUT2D eigenvalue weighted by Crippen LogP contribution is -2.17. The molecule has 2 rings (SSSR count). The van der Waals surface area contributed by atoms with Crippen molar-refractivity contribution in [1.29, 1.82) is 0 Å². The number of hydrazine groups is 1. The Hall–Kier alpha value is -1.05. The maximum Gasteiger partial charge on any atom is 0.181 e. The van der Waals surface area contributed by atoms with Gasteiger partial charge in [-0.2, -0.15) is 0 Å². The molecule has 106 valence electrons. The lowest BCUT2D eigenvalue weighted by molar-refractivity contribution is 0.568. The summed E-state index contributed by atoms with van der Waals surface area (Å²) >= 11 is 6.86. The summed E-state index contributed by atoms with van der Waals surface area (Å²) in [6.45, 7) is 6.26. The van der Waals surface area contributed by atoms with Gasteiger partial charge in [-0.1, -0.05) is 20.8 Å². The van der Waals surface area contributed by atoms with Crippen LogP contribution in [0.15, 0.2) is 27.3 Å². The number of anilines is 1. The maximum atomic E-state index is 5.49. The van der Waals surface area contributed by atoms with E-state index in [0.29, 0.717) is 17.3 Å². The summed E-state index contributed by atoms with van der Waals surface area (Å²) < 4.78 is 1.71. The number of pyridine rings is 1. The first-order valence-electron chi connectivity index (χ1n) is 5.99. The van der Waals surface area contributed by atoms with Crippen molar-refractivity contribution in [2.24, 2.45) is 5.84 Å². The Kier molecular flexibility index (Phi) is 4.41. The molecule has 0 aromatic carbocycles. The molecule has 0 spiro atoms. The molecule has 2 aromatic rings. The van der Waals surface area contributed by atoms with E-state index < -0.39 is 0 Å². The van der Waals surface area contributed by atoms with Crippen LogP contribution in [0.3, 0.4) is 0 Å². The van der Waals surface area contributed by atoms with E-state index in [9.17, 15) is 0 Å². The predicted octanol–water partition coefficient (Wildman–Crippen LogP) is 3.65. The number of hydrogen-bond donors (Lipinski definition) is 2. The van der Waals surface area contributed by atoms with Gasteiger partial charge in [0.25, 0.3) is 0 Å². The van der Waals surface area contributed by atoms with E-state index >= 15 is 0 Å². The number of halogens is 2. The van der Waals surface area contributed by atoms with E-state index in [1.165, 1.54) is 0 Å². The Morgan fingerprint density at radius 2 is 1.85 bits per heavy atom. The van der Waals surface area contributed by atoms with Crippen LogP contribution in [0, 0.1) is 0 Å². The van der Waals surface area contributed by atoms with Crippen LogP contribution >= 0.6 is 31.9 Å². The maximum absolute atomic E-state index is 5.49. The zero-order valence-electron chi connectivity index (χ0n) is 11.4. The van der Waals surface area contributed by atoms with E-state index in [2.05, 4.69) is 73.0 Å². The van der Waals surface area contributed by atoms with Crippen LogP contribution in [-0.2, 0) is 5.41 Å². The highest BCUT2D eigenvalue weighted by Gasteiger charge is 2.19. The van der Waals surface area contributed by atoms with Crippen LogP contribution in [0.2, 0.25) is 0 Å². The minimum atomic E-state index is -0.106. The lowest BCUT2D eigenvalue weighted by Gasteiger charge is -2.19. The first kappa shape index (κ1) is 15.3. The molecule has 5 nitrogen and oxygen atoms in total. The van der Waals surface area contributed by atoms with Gasteiger partial charge in [0.2, 0.25) is 0 Å². The zero-order chi connectivity index (χ0) is 14.9. The van der Waals surface area contributed by atoms with Gasteiger partial charge in [0.15, 0.2) is 5.82 Å². The molecule has 0 radical (unpaired) electrons. The molecule has 20 heavy (non-hydrogen) atoms. The molecule has 0 aliphatic carbocycles. The standard InChI is InChI=1S/C13H15Br2N5/c1-13(2,3)9-5-10(20-16)19-12(18-9)11-8(15)4-7(14)6-17-11/h4-6H,16H2,1-3H3,(H,18,19,20). The first-order chi connectivity index (χ1) is 9.31. The summed E-state index contributed by atoms with van der Waals surface area (Å²) in [5, 5.41) is 0. The van der Waals surface area contributed by atoms with Crippen LogP contribution in [0.1, 0.15) is 26.5 Å². The molecule has 2 heterocycles. The topological polar surface area (TPSA) is 76.7 Å². The largest absolute Gasteiger partial charge is 0.308 e. The third-order valence-corrected chi connectivity index (χ3v) is 3.70. The van der Waals surface area contributed by atoms with Crippen molar-refractivity contribution in [2.75, 3.05) is 5.43 Å². The Balaban J connectivity index is 2.61. The quantitative estimate of drug-likeness (QED) is 0.594. The number of nitrogen functional groups attached to an aromatic ring is 1. The molecule has 0 bridgehead atoms. The molecule has 3 N–H and O–H groups in total. The van der Waals surface area contributed by atoms with Gasteiger partial charge in [-0.05, 0) is 37.9 Å². The second-order valence-corrected chi connectivity index (χ2v) is 7.11. The number of nitrogens with zero attached hydrogens (tertiary/aromatic N) is 3. The monoisotopic (exact) mass is 399 g/mol. The fourth-order valence-corrected chi connectivity index (χ4v) is 2.76. The van der Waals surface area contributed by atoms with Crippen LogP contribution in [-0.4, -0.2) is 15.0 Å². The fraction of sp³-hybridized carbons (Fsp3) is 0.308. The Morgan fingerprint density at radius 3 is 2.40 bits per heavy atom. The van der Waals surface area contributed by atoms with E-state index in [0.717, 1.165) is 14.6 Å². The lowest BCUT2D eigenvalue weighted by atomic mass is 9.92. The van der Waals surface area contributed by atoms with Crippen molar-refractivity contribution in [3.63, 3.8) is 0 Å². The van der Waals surface area contributed by atoms with Crippen molar-refractivity contribution in [3.8, 4) is 11.5 Å². The van der Waals surface area contributed by atoms with Crippen molar-refractivity contribution in [1.82, 2.24) is 15.0 Å². The minimum absolute atomic E-state index is 0.106. The molecule has 0 saturated heterocycles. The summed E-state index contributed by atoms with van der Waals surface area (Å²) in [6, 6.07) is 3.75. The Bertz CT molecular complexity index is 637. The number of aromatic nitrogens is 3. The van der Waals surface area contributed by atoms with Crippen molar-refractivity contribution >= 4 is 37.7 Å². The third-order valence-electron chi connectivity index (χ3n) is 2.66. The molecule has 7 heteroatoms. The number of rotatable bonds is 2. The SMILES string of the molecule is CC(C)(C)c1cc(NN)nc(-c2ncc(Br)cc2Br)n1. The van der Waals surface area contributed by atoms with Gasteiger partial charge in [0, 0.05) is 26.6 Å². The zero-order valence-corrected chi connectivity index (χ0v) is 14.6. The van der Waals surface area contributed by atoms with Gasteiger partial charge in [-0.3, -0.25) is 4.98 Å². The normalized spacial score (nSPS) is 11.5.